The van der Waals surface area contributed by atoms with Crippen molar-refractivity contribution in [1.29, 1.82) is 0 Å². The number of rotatable bonds is 9. The smallest absolute Gasteiger partial charge is 0.0753 e. The van der Waals surface area contributed by atoms with Crippen LogP contribution < -0.4 is 5.32 Å². The van der Waals surface area contributed by atoms with Crippen LogP contribution in [0.15, 0.2) is 18.6 Å². The van der Waals surface area contributed by atoms with Crippen molar-refractivity contribution >= 4 is 0 Å². The quantitative estimate of drug-likeness (QED) is 0.670. The zero-order chi connectivity index (χ0) is 12.3. The second-order valence-corrected chi connectivity index (χ2v) is 4.13. The van der Waals surface area contributed by atoms with Crippen molar-refractivity contribution in [2.24, 2.45) is 0 Å². The van der Waals surface area contributed by atoms with Gasteiger partial charge >= 0.3 is 0 Å². The summed E-state index contributed by atoms with van der Waals surface area (Å²) >= 11 is 0. The summed E-state index contributed by atoms with van der Waals surface area (Å²) in [4.78, 5) is 8.32. The molecule has 0 aliphatic rings. The van der Waals surface area contributed by atoms with Gasteiger partial charge in [0.1, 0.15) is 0 Å². The molecule has 0 saturated heterocycles. The molecule has 1 N–H and O–H groups in total. The molecule has 0 aliphatic carbocycles. The minimum absolute atomic E-state index is 0.249. The lowest BCUT2D eigenvalue weighted by molar-refractivity contribution is 0.128. The molecular weight excluding hydrogens is 214 g/mol. The number of nitrogens with zero attached hydrogens (tertiary/aromatic N) is 2. The third-order valence-electron chi connectivity index (χ3n) is 2.58. The number of hydrogen-bond acceptors (Lipinski definition) is 4. The molecule has 0 bridgehead atoms. The number of ether oxygens (including phenoxy) is 1. The zero-order valence-electron chi connectivity index (χ0n) is 10.9. The first kappa shape index (κ1) is 14.1. The Morgan fingerprint density at radius 1 is 1.29 bits per heavy atom. The van der Waals surface area contributed by atoms with Gasteiger partial charge in [-0.2, -0.15) is 0 Å². The fourth-order valence-electron chi connectivity index (χ4n) is 1.48. The van der Waals surface area contributed by atoms with E-state index in [9.17, 15) is 0 Å². The van der Waals surface area contributed by atoms with Crippen LogP contribution in [0.2, 0.25) is 0 Å². The van der Waals surface area contributed by atoms with Gasteiger partial charge in [-0.05, 0) is 26.3 Å². The van der Waals surface area contributed by atoms with E-state index < -0.39 is 0 Å². The van der Waals surface area contributed by atoms with Crippen LogP contribution in [0.25, 0.3) is 0 Å². The molecule has 1 aromatic heterocycles. The van der Waals surface area contributed by atoms with Crippen molar-refractivity contribution in [2.75, 3.05) is 19.8 Å². The van der Waals surface area contributed by atoms with E-state index in [0.717, 1.165) is 38.3 Å². The van der Waals surface area contributed by atoms with Crippen LogP contribution in [-0.4, -0.2) is 29.7 Å². The van der Waals surface area contributed by atoms with Gasteiger partial charge in [0.15, 0.2) is 0 Å². The molecule has 0 fully saturated rings. The lowest BCUT2D eigenvalue weighted by atomic mass is 10.2. The maximum Gasteiger partial charge on any atom is 0.0753 e. The van der Waals surface area contributed by atoms with E-state index in [1.165, 1.54) is 6.42 Å². The van der Waals surface area contributed by atoms with Crippen LogP contribution in [0.3, 0.4) is 0 Å². The van der Waals surface area contributed by atoms with Gasteiger partial charge in [-0.1, -0.05) is 13.3 Å². The number of nitrogens with one attached hydrogen (secondary N) is 1. The van der Waals surface area contributed by atoms with Crippen molar-refractivity contribution in [3.8, 4) is 0 Å². The highest BCUT2D eigenvalue weighted by molar-refractivity contribution is 5.00. The Hall–Kier alpha value is -1.00. The molecule has 0 amide bonds. The molecule has 17 heavy (non-hydrogen) atoms. The molecule has 1 aromatic rings. The monoisotopic (exact) mass is 237 g/mol. The molecule has 1 rings (SSSR count). The summed E-state index contributed by atoms with van der Waals surface area (Å²) in [6.07, 6.45) is 8.61. The van der Waals surface area contributed by atoms with Crippen molar-refractivity contribution < 1.29 is 4.74 Å². The van der Waals surface area contributed by atoms with E-state index in [1.807, 2.05) is 0 Å². The summed E-state index contributed by atoms with van der Waals surface area (Å²) in [6.45, 7) is 6.94. The second kappa shape index (κ2) is 9.07. The largest absolute Gasteiger partial charge is 0.381 e. The first-order valence-corrected chi connectivity index (χ1v) is 6.41. The minimum Gasteiger partial charge on any atom is -0.381 e. The first-order valence-electron chi connectivity index (χ1n) is 6.41. The van der Waals surface area contributed by atoms with E-state index in [-0.39, 0.29) is 6.04 Å². The van der Waals surface area contributed by atoms with Crippen LogP contribution in [0.1, 0.15) is 44.8 Å². The van der Waals surface area contributed by atoms with Gasteiger partial charge in [-0.15, -0.1) is 0 Å². The Bertz CT molecular complexity index is 279. The van der Waals surface area contributed by atoms with Crippen LogP contribution in [0.4, 0.5) is 0 Å². The zero-order valence-corrected chi connectivity index (χ0v) is 10.9. The molecule has 96 valence electrons. The molecule has 4 nitrogen and oxygen atoms in total. The molecule has 0 aliphatic heterocycles. The summed E-state index contributed by atoms with van der Waals surface area (Å²) < 4.78 is 5.49. The minimum atomic E-state index is 0.249. The number of hydrogen-bond donors (Lipinski definition) is 1. The molecule has 0 spiro atoms. The van der Waals surface area contributed by atoms with Gasteiger partial charge in [0.2, 0.25) is 0 Å². The first-order chi connectivity index (χ1) is 8.34. The van der Waals surface area contributed by atoms with Crippen LogP contribution in [0.5, 0.6) is 0 Å². The lowest BCUT2D eigenvalue weighted by Gasteiger charge is -2.12. The Morgan fingerprint density at radius 2 is 2.12 bits per heavy atom. The summed E-state index contributed by atoms with van der Waals surface area (Å²) in [5.74, 6) is 0. The van der Waals surface area contributed by atoms with Gasteiger partial charge < -0.3 is 10.1 Å². The Kier molecular flexibility index (Phi) is 7.51. The van der Waals surface area contributed by atoms with Crippen molar-refractivity contribution in [3.05, 3.63) is 24.3 Å². The number of aromatic nitrogens is 2. The van der Waals surface area contributed by atoms with E-state index >= 15 is 0 Å². The van der Waals surface area contributed by atoms with Gasteiger partial charge in [0.25, 0.3) is 0 Å². The summed E-state index contributed by atoms with van der Waals surface area (Å²) in [5.41, 5.74) is 0.986. The molecule has 0 saturated carbocycles. The molecule has 1 heterocycles. The van der Waals surface area contributed by atoms with Crippen LogP contribution >= 0.6 is 0 Å². The fourth-order valence-corrected chi connectivity index (χ4v) is 1.48. The average Bonchev–Trinajstić information content (AvgIpc) is 2.38. The third-order valence-corrected chi connectivity index (χ3v) is 2.58. The molecule has 0 radical (unpaired) electrons. The number of unbranched alkanes of at least 4 members (excludes halogenated alkanes) is 1. The van der Waals surface area contributed by atoms with Gasteiger partial charge in [0.05, 0.1) is 5.69 Å². The van der Waals surface area contributed by atoms with Crippen molar-refractivity contribution in [1.82, 2.24) is 15.3 Å². The highest BCUT2D eigenvalue weighted by Gasteiger charge is 2.04. The Balaban J connectivity index is 2.03. The molecular formula is C13H23N3O. The second-order valence-electron chi connectivity index (χ2n) is 4.13. The molecule has 1 atom stereocenters. The highest BCUT2D eigenvalue weighted by atomic mass is 16.5. The predicted molar refractivity (Wildman–Crippen MR) is 68.8 cm³/mol. The van der Waals surface area contributed by atoms with E-state index in [0.29, 0.717) is 0 Å². The topological polar surface area (TPSA) is 47.0 Å². The third kappa shape index (κ3) is 6.34. The molecule has 4 heteroatoms. The highest BCUT2D eigenvalue weighted by Crippen LogP contribution is 2.05. The van der Waals surface area contributed by atoms with Crippen LogP contribution in [-0.2, 0) is 4.74 Å². The van der Waals surface area contributed by atoms with Crippen molar-refractivity contribution in [2.45, 2.75) is 39.2 Å². The van der Waals surface area contributed by atoms with E-state index in [2.05, 4.69) is 29.1 Å². The molecule has 0 aromatic carbocycles. The lowest BCUT2D eigenvalue weighted by Crippen LogP contribution is -2.21. The van der Waals surface area contributed by atoms with E-state index in [1.54, 1.807) is 18.6 Å². The normalized spacial score (nSPS) is 12.6. The molecule has 1 unspecified atom stereocenters. The SMILES string of the molecule is CCCCOCCCNC(C)c1cnccn1. The van der Waals surface area contributed by atoms with E-state index in [4.69, 9.17) is 4.74 Å². The summed E-state index contributed by atoms with van der Waals surface area (Å²) in [5, 5.41) is 3.41. The average molecular weight is 237 g/mol. The standard InChI is InChI=1S/C13H23N3O/c1-3-4-9-17-10-5-6-15-12(2)13-11-14-7-8-16-13/h7-8,11-12,15H,3-6,9-10H2,1-2H3. The van der Waals surface area contributed by atoms with Crippen LogP contribution in [0, 0.1) is 0 Å². The van der Waals surface area contributed by atoms with Gasteiger partial charge in [-0.3, -0.25) is 9.97 Å². The van der Waals surface area contributed by atoms with Crippen molar-refractivity contribution in [3.63, 3.8) is 0 Å². The Labute approximate surface area is 104 Å². The summed E-state index contributed by atoms with van der Waals surface area (Å²) in [7, 11) is 0. The maximum absolute atomic E-state index is 5.49. The maximum atomic E-state index is 5.49. The summed E-state index contributed by atoms with van der Waals surface area (Å²) in [6, 6.07) is 0.249. The van der Waals surface area contributed by atoms with Gasteiger partial charge in [-0.25, -0.2) is 0 Å². The van der Waals surface area contributed by atoms with Gasteiger partial charge in [0, 0.05) is 37.8 Å². The Morgan fingerprint density at radius 3 is 2.82 bits per heavy atom. The predicted octanol–water partition coefficient (Wildman–Crippen LogP) is 2.33. The fraction of sp³-hybridized carbons (Fsp3) is 0.692.